The summed E-state index contributed by atoms with van der Waals surface area (Å²) in [4.78, 5) is 10.6. The van der Waals surface area contributed by atoms with E-state index in [0.717, 1.165) is 24.8 Å². The van der Waals surface area contributed by atoms with Gasteiger partial charge in [-0.3, -0.25) is 0 Å². The van der Waals surface area contributed by atoms with Gasteiger partial charge in [0.2, 0.25) is 0 Å². The predicted octanol–water partition coefficient (Wildman–Crippen LogP) is 2.61. The molecule has 1 heterocycles. The van der Waals surface area contributed by atoms with Crippen molar-refractivity contribution in [1.29, 1.82) is 5.26 Å². The van der Waals surface area contributed by atoms with Crippen LogP contribution in [-0.4, -0.2) is 24.6 Å². The minimum absolute atomic E-state index is 0.0558. The molecule has 1 rings (SSSR count). The van der Waals surface area contributed by atoms with Crippen LogP contribution in [-0.2, 0) is 14.3 Å². The van der Waals surface area contributed by atoms with E-state index in [0.29, 0.717) is 6.42 Å². The molecule has 0 aromatic rings. The lowest BCUT2D eigenvalue weighted by Gasteiger charge is -2.27. The van der Waals surface area contributed by atoms with Gasteiger partial charge in [-0.25, -0.2) is 4.79 Å². The molecule has 94 valence electrons. The lowest BCUT2D eigenvalue weighted by Crippen LogP contribution is -2.29. The summed E-state index contributed by atoms with van der Waals surface area (Å²) in [6, 6.07) is 2.14. The zero-order chi connectivity index (χ0) is 12.7. The summed E-state index contributed by atoms with van der Waals surface area (Å²) in [6.45, 7) is 2.05. The number of nitriles is 1. The van der Waals surface area contributed by atoms with Gasteiger partial charge in [0, 0.05) is 12.0 Å². The summed E-state index contributed by atoms with van der Waals surface area (Å²) < 4.78 is 10.2. The molecule has 0 radical (unpaired) electrons. The van der Waals surface area contributed by atoms with E-state index in [2.05, 4.69) is 17.7 Å². The summed E-state index contributed by atoms with van der Waals surface area (Å²) in [5, 5.41) is 10.7. The second kappa shape index (κ2) is 6.67. The van der Waals surface area contributed by atoms with Gasteiger partial charge in [0.15, 0.2) is 0 Å². The van der Waals surface area contributed by atoms with Crippen molar-refractivity contribution in [2.75, 3.05) is 13.7 Å². The van der Waals surface area contributed by atoms with Crippen LogP contribution in [0.4, 0.5) is 0 Å². The van der Waals surface area contributed by atoms with E-state index >= 15 is 0 Å². The number of rotatable bonds is 6. The third-order valence-electron chi connectivity index (χ3n) is 2.61. The Bertz CT molecular complexity index is 348. The van der Waals surface area contributed by atoms with Crippen LogP contribution >= 0.6 is 11.8 Å². The topological polar surface area (TPSA) is 59.3 Å². The standard InChI is InChI=1S/C12H17NO3S/c1-3-4-5-12(16-8-11(14)15-2)6-10(7-13)9-17-12/h9H,3-6,8H2,1-2H3. The molecule has 0 aromatic heterocycles. The maximum absolute atomic E-state index is 11.1. The molecule has 1 aliphatic rings. The van der Waals surface area contributed by atoms with Crippen LogP contribution < -0.4 is 0 Å². The molecule has 5 heteroatoms. The average Bonchev–Trinajstić information content (AvgIpc) is 2.78. The van der Waals surface area contributed by atoms with Gasteiger partial charge in [0.05, 0.1) is 13.2 Å². The third kappa shape index (κ3) is 4.06. The van der Waals surface area contributed by atoms with Crippen molar-refractivity contribution in [2.45, 2.75) is 37.5 Å². The lowest BCUT2D eigenvalue weighted by atomic mass is 10.0. The summed E-state index contributed by atoms with van der Waals surface area (Å²) in [6.07, 6.45) is 3.49. The molecule has 0 aromatic carbocycles. The van der Waals surface area contributed by atoms with Gasteiger partial charge in [-0.05, 0) is 18.2 Å². The molecule has 0 spiro atoms. The molecule has 1 atom stereocenters. The summed E-state index contributed by atoms with van der Waals surface area (Å²) in [5.41, 5.74) is 0.718. The van der Waals surface area contributed by atoms with E-state index in [1.54, 1.807) is 0 Å². The van der Waals surface area contributed by atoms with Gasteiger partial charge in [-0.1, -0.05) is 25.1 Å². The van der Waals surface area contributed by atoms with Crippen LogP contribution in [0.25, 0.3) is 0 Å². The Morgan fingerprint density at radius 1 is 1.71 bits per heavy atom. The summed E-state index contributed by atoms with van der Waals surface area (Å²) >= 11 is 1.50. The van der Waals surface area contributed by atoms with Crippen molar-refractivity contribution in [3.05, 3.63) is 11.0 Å². The van der Waals surface area contributed by atoms with Gasteiger partial charge in [0.1, 0.15) is 11.5 Å². The third-order valence-corrected chi connectivity index (χ3v) is 3.91. The first kappa shape index (κ1) is 14.1. The highest BCUT2D eigenvalue weighted by atomic mass is 32.2. The Morgan fingerprint density at radius 3 is 3.00 bits per heavy atom. The molecular weight excluding hydrogens is 238 g/mol. The van der Waals surface area contributed by atoms with Crippen molar-refractivity contribution in [1.82, 2.24) is 0 Å². The van der Waals surface area contributed by atoms with Crippen molar-refractivity contribution in [3.8, 4) is 6.07 Å². The van der Waals surface area contributed by atoms with Crippen LogP contribution in [0.3, 0.4) is 0 Å². The predicted molar refractivity (Wildman–Crippen MR) is 66.1 cm³/mol. The molecule has 0 N–H and O–H groups in total. The van der Waals surface area contributed by atoms with Gasteiger partial charge in [-0.15, -0.1) is 0 Å². The number of methoxy groups -OCH3 is 1. The second-order valence-electron chi connectivity index (χ2n) is 3.93. The largest absolute Gasteiger partial charge is 0.467 e. The summed E-state index contributed by atoms with van der Waals surface area (Å²) in [5.74, 6) is -0.383. The van der Waals surface area contributed by atoms with E-state index < -0.39 is 4.93 Å². The van der Waals surface area contributed by atoms with E-state index in [1.807, 2.05) is 5.41 Å². The maximum atomic E-state index is 11.1. The quantitative estimate of drug-likeness (QED) is 0.683. The van der Waals surface area contributed by atoms with Crippen LogP contribution in [0.15, 0.2) is 11.0 Å². The minimum atomic E-state index is -0.449. The Hall–Kier alpha value is -0.990. The number of thioether (sulfide) groups is 1. The Kier molecular flexibility index (Phi) is 5.52. The smallest absolute Gasteiger partial charge is 0.331 e. The number of ether oxygens (including phenoxy) is 2. The van der Waals surface area contributed by atoms with E-state index in [1.165, 1.54) is 18.9 Å². The van der Waals surface area contributed by atoms with E-state index in [4.69, 9.17) is 10.00 Å². The zero-order valence-corrected chi connectivity index (χ0v) is 11.0. The average molecular weight is 255 g/mol. The number of nitrogens with zero attached hydrogens (tertiary/aromatic N) is 1. The first-order valence-corrected chi connectivity index (χ1v) is 6.51. The molecule has 0 saturated carbocycles. The first-order valence-electron chi connectivity index (χ1n) is 5.63. The Labute approximate surface area is 106 Å². The fourth-order valence-electron chi connectivity index (χ4n) is 1.62. The summed E-state index contributed by atoms with van der Waals surface area (Å²) in [7, 11) is 1.34. The van der Waals surface area contributed by atoms with Gasteiger partial charge in [-0.2, -0.15) is 5.26 Å². The number of esters is 1. The van der Waals surface area contributed by atoms with Crippen LogP contribution in [0.2, 0.25) is 0 Å². The van der Waals surface area contributed by atoms with Crippen molar-refractivity contribution < 1.29 is 14.3 Å². The van der Waals surface area contributed by atoms with Crippen LogP contribution in [0.5, 0.6) is 0 Å². The fourth-order valence-corrected chi connectivity index (χ4v) is 2.74. The van der Waals surface area contributed by atoms with Gasteiger partial charge >= 0.3 is 5.97 Å². The normalized spacial score (nSPS) is 23.0. The molecule has 0 bridgehead atoms. The molecule has 0 aliphatic carbocycles. The highest BCUT2D eigenvalue weighted by Gasteiger charge is 2.36. The molecule has 0 amide bonds. The van der Waals surface area contributed by atoms with Crippen LogP contribution in [0, 0.1) is 11.3 Å². The van der Waals surface area contributed by atoms with Gasteiger partial charge < -0.3 is 9.47 Å². The highest BCUT2D eigenvalue weighted by Crippen LogP contribution is 2.44. The molecule has 0 fully saturated rings. The molecule has 1 aliphatic heterocycles. The molecule has 0 saturated heterocycles. The SMILES string of the molecule is CCCCC1(OCC(=O)OC)CC(C#N)=CS1. The molecule has 17 heavy (non-hydrogen) atoms. The molecule has 4 nitrogen and oxygen atoms in total. The van der Waals surface area contributed by atoms with Crippen molar-refractivity contribution in [3.63, 3.8) is 0 Å². The number of hydrogen-bond donors (Lipinski definition) is 0. The second-order valence-corrected chi connectivity index (χ2v) is 5.14. The number of carbonyl (C=O) groups is 1. The maximum Gasteiger partial charge on any atom is 0.331 e. The molecular formula is C12H17NO3S. The first-order chi connectivity index (χ1) is 8.15. The Balaban J connectivity index is 2.56. The highest BCUT2D eigenvalue weighted by molar-refractivity contribution is 8.03. The lowest BCUT2D eigenvalue weighted by molar-refractivity contribution is -0.149. The van der Waals surface area contributed by atoms with Crippen LogP contribution in [0.1, 0.15) is 32.6 Å². The minimum Gasteiger partial charge on any atom is -0.467 e. The number of unbranched alkanes of at least 4 members (excludes halogenated alkanes) is 1. The van der Waals surface area contributed by atoms with Crippen molar-refractivity contribution in [2.24, 2.45) is 0 Å². The number of hydrogen-bond acceptors (Lipinski definition) is 5. The zero-order valence-electron chi connectivity index (χ0n) is 10.2. The van der Waals surface area contributed by atoms with E-state index in [9.17, 15) is 4.79 Å². The van der Waals surface area contributed by atoms with Crippen molar-refractivity contribution >= 4 is 17.7 Å². The Morgan fingerprint density at radius 2 is 2.47 bits per heavy atom. The monoisotopic (exact) mass is 255 g/mol. The fraction of sp³-hybridized carbons (Fsp3) is 0.667. The van der Waals surface area contributed by atoms with E-state index in [-0.39, 0.29) is 12.6 Å². The number of carbonyl (C=O) groups excluding carboxylic acids is 1. The van der Waals surface area contributed by atoms with Gasteiger partial charge in [0.25, 0.3) is 0 Å². The molecule has 1 unspecified atom stereocenters.